The number of amides is 1. The third kappa shape index (κ3) is 5.55. The molecule has 0 radical (unpaired) electrons. The number of hydrogen-bond acceptors (Lipinski definition) is 4. The van der Waals surface area contributed by atoms with Crippen molar-refractivity contribution in [2.75, 3.05) is 39.1 Å². The van der Waals surface area contributed by atoms with Gasteiger partial charge in [-0.1, -0.05) is 12.1 Å². The third-order valence-electron chi connectivity index (χ3n) is 3.79. The number of ether oxygens (including phenoxy) is 1. The maximum Gasteiger partial charge on any atom is 0.241 e. The van der Waals surface area contributed by atoms with E-state index < -0.39 is 0 Å². The largest absolute Gasteiger partial charge is 0.495 e. The number of carbonyl (C=O) groups is 1. The standard InChI is InChI=1S/C15H23N3O2.2ClH/c1-18(12-7-9-16-10-8-12)15(19)11-17-13-5-3-4-6-14(13)20-2;;/h3-6,12,16-17H,7-11H2,1-2H3;2*1H. The molecular formula is C15H25Cl2N3O2. The Labute approximate surface area is 144 Å². The number of carbonyl (C=O) groups excluding carboxylic acids is 1. The lowest BCUT2D eigenvalue weighted by Gasteiger charge is -2.31. The van der Waals surface area contributed by atoms with E-state index in [0.717, 1.165) is 37.4 Å². The minimum Gasteiger partial charge on any atom is -0.495 e. The van der Waals surface area contributed by atoms with Crippen LogP contribution in [0.3, 0.4) is 0 Å². The molecule has 0 spiro atoms. The second-order valence-electron chi connectivity index (χ2n) is 5.04. The second kappa shape index (κ2) is 10.5. The first kappa shape index (κ1) is 20.8. The maximum absolute atomic E-state index is 12.2. The summed E-state index contributed by atoms with van der Waals surface area (Å²) in [7, 11) is 3.52. The smallest absolute Gasteiger partial charge is 0.241 e. The molecule has 1 fully saturated rings. The predicted molar refractivity (Wildman–Crippen MR) is 94.6 cm³/mol. The van der Waals surface area contributed by atoms with Gasteiger partial charge in [0.25, 0.3) is 0 Å². The highest BCUT2D eigenvalue weighted by Gasteiger charge is 2.21. The monoisotopic (exact) mass is 349 g/mol. The highest BCUT2D eigenvalue weighted by atomic mass is 35.5. The number of para-hydroxylation sites is 2. The van der Waals surface area contributed by atoms with Crippen LogP contribution in [0.5, 0.6) is 5.75 Å². The van der Waals surface area contributed by atoms with E-state index in [1.165, 1.54) is 0 Å². The molecule has 0 saturated carbocycles. The Balaban J connectivity index is 0.00000220. The predicted octanol–water partition coefficient (Wildman–Crippen LogP) is 2.16. The molecule has 1 heterocycles. The minimum absolute atomic E-state index is 0. The van der Waals surface area contributed by atoms with Crippen LogP contribution in [-0.2, 0) is 4.79 Å². The van der Waals surface area contributed by atoms with E-state index in [4.69, 9.17) is 4.74 Å². The van der Waals surface area contributed by atoms with Gasteiger partial charge in [-0.25, -0.2) is 0 Å². The summed E-state index contributed by atoms with van der Waals surface area (Å²) in [6, 6.07) is 7.97. The van der Waals surface area contributed by atoms with Gasteiger partial charge in [0.15, 0.2) is 0 Å². The fraction of sp³-hybridized carbons (Fsp3) is 0.533. The lowest BCUT2D eigenvalue weighted by atomic mass is 10.1. The van der Waals surface area contributed by atoms with Crippen LogP contribution in [0.15, 0.2) is 24.3 Å². The Hall–Kier alpha value is -1.17. The quantitative estimate of drug-likeness (QED) is 0.855. The molecule has 1 aromatic rings. The molecular weight excluding hydrogens is 325 g/mol. The first-order valence-electron chi connectivity index (χ1n) is 7.05. The summed E-state index contributed by atoms with van der Waals surface area (Å²) < 4.78 is 5.26. The van der Waals surface area contributed by atoms with Gasteiger partial charge in [-0.15, -0.1) is 24.8 Å². The van der Waals surface area contributed by atoms with E-state index in [9.17, 15) is 4.79 Å². The number of anilines is 1. The number of nitrogens with one attached hydrogen (secondary N) is 2. The zero-order chi connectivity index (χ0) is 14.4. The molecule has 5 nitrogen and oxygen atoms in total. The molecule has 1 amide bonds. The van der Waals surface area contributed by atoms with Crippen molar-refractivity contribution >= 4 is 36.4 Å². The molecule has 7 heteroatoms. The van der Waals surface area contributed by atoms with Gasteiger partial charge in [0, 0.05) is 13.1 Å². The van der Waals surface area contributed by atoms with Crippen LogP contribution in [0.2, 0.25) is 0 Å². The number of nitrogens with zero attached hydrogens (tertiary/aromatic N) is 1. The van der Waals surface area contributed by atoms with Crippen LogP contribution < -0.4 is 15.4 Å². The van der Waals surface area contributed by atoms with Crippen molar-refractivity contribution in [2.24, 2.45) is 0 Å². The van der Waals surface area contributed by atoms with E-state index >= 15 is 0 Å². The molecule has 126 valence electrons. The van der Waals surface area contributed by atoms with E-state index in [2.05, 4.69) is 10.6 Å². The Morgan fingerprint density at radius 3 is 2.59 bits per heavy atom. The van der Waals surface area contributed by atoms with E-state index in [0.29, 0.717) is 12.6 Å². The van der Waals surface area contributed by atoms with Gasteiger partial charge in [-0.05, 0) is 38.1 Å². The van der Waals surface area contributed by atoms with Crippen molar-refractivity contribution in [3.8, 4) is 5.75 Å². The Kier molecular flexibility index (Phi) is 9.98. The molecule has 22 heavy (non-hydrogen) atoms. The van der Waals surface area contributed by atoms with Crippen LogP contribution in [0.25, 0.3) is 0 Å². The molecule has 2 rings (SSSR count). The van der Waals surface area contributed by atoms with Crippen molar-refractivity contribution in [3.05, 3.63) is 24.3 Å². The zero-order valence-corrected chi connectivity index (χ0v) is 14.6. The van der Waals surface area contributed by atoms with Crippen molar-refractivity contribution < 1.29 is 9.53 Å². The molecule has 0 atom stereocenters. The normalized spacial score (nSPS) is 14.3. The first-order chi connectivity index (χ1) is 9.72. The molecule has 0 bridgehead atoms. The molecule has 1 saturated heterocycles. The molecule has 1 aliphatic heterocycles. The maximum atomic E-state index is 12.2. The average Bonchev–Trinajstić information content (AvgIpc) is 2.53. The number of piperidine rings is 1. The summed E-state index contributed by atoms with van der Waals surface area (Å²) in [5, 5.41) is 6.46. The van der Waals surface area contributed by atoms with E-state index in [-0.39, 0.29) is 30.7 Å². The highest BCUT2D eigenvalue weighted by molar-refractivity contribution is 5.85. The summed E-state index contributed by atoms with van der Waals surface area (Å²) in [5.41, 5.74) is 0.849. The zero-order valence-electron chi connectivity index (χ0n) is 13.0. The number of benzene rings is 1. The minimum atomic E-state index is 0. The number of rotatable bonds is 5. The number of hydrogen-bond donors (Lipinski definition) is 2. The Bertz CT molecular complexity index is 454. The van der Waals surface area contributed by atoms with Crippen LogP contribution >= 0.6 is 24.8 Å². The van der Waals surface area contributed by atoms with Gasteiger partial charge in [0.05, 0.1) is 19.3 Å². The van der Waals surface area contributed by atoms with Crippen LogP contribution in [-0.4, -0.2) is 50.6 Å². The number of halogens is 2. The van der Waals surface area contributed by atoms with Crippen molar-refractivity contribution in [3.63, 3.8) is 0 Å². The fourth-order valence-electron chi connectivity index (χ4n) is 2.48. The van der Waals surface area contributed by atoms with Gasteiger partial charge >= 0.3 is 0 Å². The fourth-order valence-corrected chi connectivity index (χ4v) is 2.48. The lowest BCUT2D eigenvalue weighted by molar-refractivity contribution is -0.130. The molecule has 2 N–H and O–H groups in total. The van der Waals surface area contributed by atoms with Crippen molar-refractivity contribution in [1.29, 1.82) is 0 Å². The summed E-state index contributed by atoms with van der Waals surface area (Å²) in [6.45, 7) is 2.27. The van der Waals surface area contributed by atoms with E-state index in [1.54, 1.807) is 7.11 Å². The summed E-state index contributed by atoms with van der Waals surface area (Å²) in [4.78, 5) is 14.1. The first-order valence-corrected chi connectivity index (χ1v) is 7.05. The van der Waals surface area contributed by atoms with Gasteiger partial charge in [0.2, 0.25) is 5.91 Å². The van der Waals surface area contributed by atoms with Gasteiger partial charge in [0.1, 0.15) is 5.75 Å². The van der Waals surface area contributed by atoms with E-state index in [1.807, 2.05) is 36.2 Å². The average molecular weight is 350 g/mol. The van der Waals surface area contributed by atoms with Crippen LogP contribution in [0.4, 0.5) is 5.69 Å². The molecule has 1 aliphatic rings. The number of likely N-dealkylation sites (N-methyl/N-ethyl adjacent to an activating group) is 1. The molecule has 1 aromatic carbocycles. The Morgan fingerprint density at radius 1 is 1.32 bits per heavy atom. The third-order valence-corrected chi connectivity index (χ3v) is 3.79. The van der Waals surface area contributed by atoms with Crippen molar-refractivity contribution in [1.82, 2.24) is 10.2 Å². The van der Waals surface area contributed by atoms with Crippen molar-refractivity contribution in [2.45, 2.75) is 18.9 Å². The molecule has 0 aliphatic carbocycles. The van der Waals surface area contributed by atoms with Gasteiger partial charge in [-0.2, -0.15) is 0 Å². The second-order valence-corrected chi connectivity index (χ2v) is 5.04. The summed E-state index contributed by atoms with van der Waals surface area (Å²) in [6.07, 6.45) is 2.05. The summed E-state index contributed by atoms with van der Waals surface area (Å²) >= 11 is 0. The van der Waals surface area contributed by atoms with Crippen LogP contribution in [0.1, 0.15) is 12.8 Å². The molecule has 0 aromatic heterocycles. The summed E-state index contributed by atoms with van der Waals surface area (Å²) in [5.74, 6) is 0.868. The highest BCUT2D eigenvalue weighted by Crippen LogP contribution is 2.22. The number of methoxy groups -OCH3 is 1. The lowest BCUT2D eigenvalue weighted by Crippen LogP contribution is -2.45. The van der Waals surface area contributed by atoms with Gasteiger partial charge in [-0.3, -0.25) is 4.79 Å². The SMILES string of the molecule is COc1ccccc1NCC(=O)N(C)C1CCNCC1.Cl.Cl. The topological polar surface area (TPSA) is 53.6 Å². The Morgan fingerprint density at radius 2 is 1.95 bits per heavy atom. The molecule has 0 unspecified atom stereocenters. The van der Waals surface area contributed by atoms with Gasteiger partial charge < -0.3 is 20.3 Å². The van der Waals surface area contributed by atoms with Crippen LogP contribution in [0, 0.1) is 0 Å².